The van der Waals surface area contributed by atoms with Crippen LogP contribution in [-0.4, -0.2) is 124 Å². The Labute approximate surface area is 323 Å². The van der Waals surface area contributed by atoms with Crippen LogP contribution in [0.1, 0.15) is 80.1 Å². The summed E-state index contributed by atoms with van der Waals surface area (Å²) in [6, 6.07) is -11.0. The first-order valence-electron chi connectivity index (χ1n) is 18.1. The van der Waals surface area contributed by atoms with Gasteiger partial charge in [0.15, 0.2) is 5.78 Å². The summed E-state index contributed by atoms with van der Waals surface area (Å²) in [5, 5.41) is 37.4. The Morgan fingerprint density at radius 1 is 0.696 bits per heavy atom. The van der Waals surface area contributed by atoms with Crippen molar-refractivity contribution in [3.63, 3.8) is 0 Å². The van der Waals surface area contributed by atoms with Crippen molar-refractivity contribution in [2.24, 2.45) is 11.8 Å². The number of hydrogen-bond acceptors (Lipinski definition) is 11. The first-order chi connectivity index (χ1) is 26.1. The van der Waals surface area contributed by atoms with Gasteiger partial charge in [0.05, 0.1) is 12.1 Å². The van der Waals surface area contributed by atoms with Crippen LogP contribution in [-0.2, 0) is 47.9 Å². The van der Waals surface area contributed by atoms with Crippen molar-refractivity contribution in [1.29, 1.82) is 0 Å². The Balaban J connectivity index is 3.28. The number of carboxylic acids is 2. The maximum atomic E-state index is 13.9. The van der Waals surface area contributed by atoms with Crippen LogP contribution in [0.3, 0.4) is 0 Å². The number of nitrogens with one attached hydrogen (secondary N) is 8. The minimum absolute atomic E-state index is 0.00138. The first kappa shape index (κ1) is 48.1. The van der Waals surface area contributed by atoms with Crippen molar-refractivity contribution < 1.29 is 63.0 Å². The summed E-state index contributed by atoms with van der Waals surface area (Å²) in [6.45, 7) is 12.5. The molecule has 0 radical (unpaired) electrons. The van der Waals surface area contributed by atoms with E-state index in [1.54, 1.807) is 34.6 Å². The van der Waals surface area contributed by atoms with Gasteiger partial charge in [-0.1, -0.05) is 47.1 Å². The number of aliphatic carboxylic acids is 2. The number of Topliss-reactive ketones (excluding diaryl/α,β-unsaturated/α-hetero) is 2. The number of carbonyl (C=O) groups is 11. The zero-order valence-electron chi connectivity index (χ0n) is 32.3. The number of carboxylic acid groups (broad SMARTS) is 2. The molecule has 0 bridgehead atoms. The number of hydrogen-bond donors (Lipinski definition) is 10. The molecule has 8 amide bonds. The molecule has 0 aromatic rings. The lowest BCUT2D eigenvalue weighted by molar-refractivity contribution is -0.140. The molecular formula is C35H54N8O13. The van der Waals surface area contributed by atoms with Crippen molar-refractivity contribution in [2.75, 3.05) is 6.54 Å². The fourth-order valence-electron chi connectivity index (χ4n) is 5.55. The van der Waals surface area contributed by atoms with Gasteiger partial charge >= 0.3 is 18.0 Å². The molecule has 21 nitrogen and oxygen atoms in total. The Bertz CT molecular complexity index is 1530. The van der Waals surface area contributed by atoms with E-state index in [4.69, 9.17) is 5.11 Å². The molecule has 312 valence electrons. The van der Waals surface area contributed by atoms with Gasteiger partial charge in [-0.3, -0.25) is 47.9 Å². The number of amides is 8. The van der Waals surface area contributed by atoms with Gasteiger partial charge in [-0.2, -0.15) is 0 Å². The average Bonchev–Trinajstić information content (AvgIpc) is 3.51. The molecule has 1 rings (SSSR count). The van der Waals surface area contributed by atoms with E-state index in [1.165, 1.54) is 6.08 Å². The molecule has 0 spiro atoms. The van der Waals surface area contributed by atoms with Crippen molar-refractivity contribution in [1.82, 2.24) is 42.5 Å². The van der Waals surface area contributed by atoms with Gasteiger partial charge < -0.3 is 52.7 Å². The molecule has 1 heterocycles. The van der Waals surface area contributed by atoms with Crippen LogP contribution in [0.25, 0.3) is 0 Å². The van der Waals surface area contributed by atoms with Crippen molar-refractivity contribution >= 4 is 65.0 Å². The molecular weight excluding hydrogens is 740 g/mol. The van der Waals surface area contributed by atoms with Gasteiger partial charge in [0.2, 0.25) is 35.3 Å². The lowest BCUT2D eigenvalue weighted by Gasteiger charge is -2.30. The Kier molecular flexibility index (Phi) is 19.9. The van der Waals surface area contributed by atoms with Crippen LogP contribution in [0.15, 0.2) is 12.7 Å². The molecule has 21 heteroatoms. The van der Waals surface area contributed by atoms with Crippen LogP contribution < -0.4 is 42.5 Å². The highest BCUT2D eigenvalue weighted by atomic mass is 16.4. The van der Waals surface area contributed by atoms with Crippen molar-refractivity contribution in [3.8, 4) is 0 Å². The average molecular weight is 795 g/mol. The predicted molar refractivity (Wildman–Crippen MR) is 196 cm³/mol. The molecule has 0 aromatic heterocycles. The third kappa shape index (κ3) is 15.5. The zero-order valence-corrected chi connectivity index (χ0v) is 32.3. The second kappa shape index (κ2) is 23.1. The lowest BCUT2D eigenvalue weighted by atomic mass is 9.90. The quantitative estimate of drug-likeness (QED) is 0.0346. The van der Waals surface area contributed by atoms with E-state index < -0.39 is 138 Å². The molecule has 1 aliphatic heterocycles. The monoisotopic (exact) mass is 794 g/mol. The lowest BCUT2D eigenvalue weighted by Crippen LogP contribution is -2.62. The van der Waals surface area contributed by atoms with Crippen LogP contribution in [0.2, 0.25) is 0 Å². The van der Waals surface area contributed by atoms with Crippen molar-refractivity contribution in [3.05, 3.63) is 12.7 Å². The normalized spacial score (nSPS) is 17.4. The molecule has 0 saturated carbocycles. The summed E-state index contributed by atoms with van der Waals surface area (Å²) in [7, 11) is 0. The number of ketones is 2. The summed E-state index contributed by atoms with van der Waals surface area (Å²) in [6.07, 6.45) is -0.125. The number of urea groups is 1. The third-order valence-electron chi connectivity index (χ3n) is 8.48. The van der Waals surface area contributed by atoms with Crippen LogP contribution in [0.4, 0.5) is 4.79 Å². The van der Waals surface area contributed by atoms with E-state index in [-0.39, 0.29) is 19.4 Å². The van der Waals surface area contributed by atoms with Crippen molar-refractivity contribution in [2.45, 2.75) is 122 Å². The van der Waals surface area contributed by atoms with E-state index in [1.807, 2.05) is 0 Å². The third-order valence-corrected chi connectivity index (χ3v) is 8.48. The van der Waals surface area contributed by atoms with E-state index in [2.05, 4.69) is 49.1 Å². The maximum absolute atomic E-state index is 13.9. The van der Waals surface area contributed by atoms with Crippen LogP contribution in [0.5, 0.6) is 0 Å². The minimum Gasteiger partial charge on any atom is -0.481 e. The highest BCUT2D eigenvalue weighted by molar-refractivity contribution is 6.38. The second-order valence-electron chi connectivity index (χ2n) is 13.8. The molecule has 7 atom stereocenters. The van der Waals surface area contributed by atoms with Gasteiger partial charge in [0.1, 0.15) is 30.2 Å². The van der Waals surface area contributed by atoms with Gasteiger partial charge in [-0.15, -0.1) is 6.58 Å². The van der Waals surface area contributed by atoms with Crippen LogP contribution in [0, 0.1) is 11.8 Å². The molecule has 1 saturated heterocycles. The van der Waals surface area contributed by atoms with E-state index in [0.29, 0.717) is 6.42 Å². The summed E-state index contributed by atoms with van der Waals surface area (Å²) in [5.41, 5.74) is 0. The smallest absolute Gasteiger partial charge is 0.316 e. The number of rotatable bonds is 25. The Hall–Kier alpha value is -5.89. The minimum atomic E-state index is -1.56. The molecule has 2 unspecified atom stereocenters. The largest absolute Gasteiger partial charge is 0.481 e. The molecule has 10 N–H and O–H groups in total. The maximum Gasteiger partial charge on any atom is 0.316 e. The van der Waals surface area contributed by atoms with Crippen LogP contribution >= 0.6 is 0 Å². The number of carbonyl (C=O) groups excluding carboxylic acids is 9. The predicted octanol–water partition coefficient (Wildman–Crippen LogP) is -2.24. The highest BCUT2D eigenvalue weighted by Gasteiger charge is 2.46. The van der Waals surface area contributed by atoms with Gasteiger partial charge in [-0.25, -0.2) is 4.79 Å². The fourth-order valence-corrected chi connectivity index (χ4v) is 5.55. The molecule has 1 aliphatic rings. The molecule has 1 fully saturated rings. The SMILES string of the molecule is C=CCNC(=O)C(=O)C(CCC)NC(=O)[C@@H]1NC(=O)NC1C(=O)[C@@H](NC(=O)[C@@H](NC(=O)[C@H](CCC(=O)O)NC(=O)[C@H](CCC(=O)O)NC(C)=O)C(C)C)C(C)C. The van der Waals surface area contributed by atoms with Gasteiger partial charge in [0, 0.05) is 26.3 Å². The molecule has 56 heavy (non-hydrogen) atoms. The highest BCUT2D eigenvalue weighted by Crippen LogP contribution is 2.15. The summed E-state index contributed by atoms with van der Waals surface area (Å²) < 4.78 is 0. The topological polar surface area (TPSA) is 324 Å². The van der Waals surface area contributed by atoms with E-state index in [9.17, 15) is 57.8 Å². The van der Waals surface area contributed by atoms with E-state index >= 15 is 0 Å². The summed E-state index contributed by atoms with van der Waals surface area (Å²) >= 11 is 0. The zero-order chi connectivity index (χ0) is 42.9. The Morgan fingerprint density at radius 3 is 1.68 bits per heavy atom. The van der Waals surface area contributed by atoms with E-state index in [0.717, 1.165) is 6.92 Å². The molecule has 0 aliphatic carbocycles. The van der Waals surface area contributed by atoms with Gasteiger partial charge in [-0.05, 0) is 31.1 Å². The summed E-state index contributed by atoms with van der Waals surface area (Å²) in [5.74, 6) is -11.1. The second-order valence-corrected chi connectivity index (χ2v) is 13.8. The standard InChI is InChI=1S/C35H54N8O13/c1-8-10-19(28(49)34(55)36-15-9-2)38-33(54)27-26(42-35(56)43-27)29(50)24(16(3)4)40-32(53)25(17(5)6)41-31(52)21(12-14-23(47)48)39-30(51)20(37-18(7)44)11-13-22(45)46/h9,16-17,19-21,24-27H,2,8,10-15H2,1,3-7H3,(H,36,55)(H,37,44)(H,38,54)(H,39,51)(H,40,53)(H,41,52)(H,45,46)(H,47,48)(H2,42,43,56)/t19?,20-,21-,24-,25-,26?,27+/m0/s1. The van der Waals surface area contributed by atoms with Gasteiger partial charge in [0.25, 0.3) is 5.91 Å². The first-order valence-corrected chi connectivity index (χ1v) is 18.1. The fraction of sp³-hybridized carbons (Fsp3) is 0.629. The molecule has 0 aromatic carbocycles. The Morgan fingerprint density at radius 2 is 1.20 bits per heavy atom. The summed E-state index contributed by atoms with van der Waals surface area (Å²) in [4.78, 5) is 139.